The molecule has 1 aromatic heterocycles. The first-order valence-electron chi connectivity index (χ1n) is 7.33. The lowest BCUT2D eigenvalue weighted by Gasteiger charge is -2.07. The molecule has 0 aliphatic heterocycles. The first-order chi connectivity index (χ1) is 10.2. The maximum atomic E-state index is 11.9. The summed E-state index contributed by atoms with van der Waals surface area (Å²) in [7, 11) is 0. The van der Waals surface area contributed by atoms with E-state index in [0.29, 0.717) is 6.54 Å². The number of amides is 1. The molecule has 1 atom stereocenters. The molecule has 1 heterocycles. The zero-order chi connectivity index (χ0) is 15.1. The van der Waals surface area contributed by atoms with Crippen LogP contribution in [-0.2, 0) is 17.9 Å². The van der Waals surface area contributed by atoms with Crippen molar-refractivity contribution in [1.29, 1.82) is 0 Å². The molecule has 0 radical (unpaired) electrons. The van der Waals surface area contributed by atoms with Gasteiger partial charge in [-0.1, -0.05) is 43.7 Å². The molecular weight excluding hydrogens is 264 g/mol. The second-order valence-corrected chi connectivity index (χ2v) is 5.18. The SMILES string of the molecule is CCCC(O)c1ccn(CC(=O)NCc2ccccc2)c1. The highest BCUT2D eigenvalue weighted by atomic mass is 16.3. The number of nitrogens with one attached hydrogen (secondary N) is 1. The van der Waals surface area contributed by atoms with Gasteiger partial charge >= 0.3 is 0 Å². The van der Waals surface area contributed by atoms with Crippen molar-refractivity contribution in [3.05, 3.63) is 59.9 Å². The molecule has 4 nitrogen and oxygen atoms in total. The van der Waals surface area contributed by atoms with Crippen molar-refractivity contribution in [2.75, 3.05) is 0 Å². The fourth-order valence-electron chi connectivity index (χ4n) is 2.21. The molecular formula is C17H22N2O2. The van der Waals surface area contributed by atoms with Crippen molar-refractivity contribution in [2.45, 2.75) is 39.0 Å². The van der Waals surface area contributed by atoms with Gasteiger partial charge in [0, 0.05) is 18.9 Å². The van der Waals surface area contributed by atoms with Crippen LogP contribution >= 0.6 is 0 Å². The van der Waals surface area contributed by atoms with Crippen molar-refractivity contribution in [3.8, 4) is 0 Å². The molecule has 21 heavy (non-hydrogen) atoms. The minimum atomic E-state index is -0.441. The predicted molar refractivity (Wildman–Crippen MR) is 82.6 cm³/mol. The Labute approximate surface area is 125 Å². The minimum Gasteiger partial charge on any atom is -0.388 e. The number of aliphatic hydroxyl groups is 1. The number of rotatable bonds is 7. The first kappa shape index (κ1) is 15.3. The van der Waals surface area contributed by atoms with Gasteiger partial charge in [-0.15, -0.1) is 0 Å². The van der Waals surface area contributed by atoms with E-state index in [2.05, 4.69) is 5.32 Å². The van der Waals surface area contributed by atoms with Crippen LogP contribution < -0.4 is 5.32 Å². The van der Waals surface area contributed by atoms with Gasteiger partial charge in [0.2, 0.25) is 5.91 Å². The summed E-state index contributed by atoms with van der Waals surface area (Å²) in [6.45, 7) is 2.84. The lowest BCUT2D eigenvalue weighted by molar-refractivity contribution is -0.121. The summed E-state index contributed by atoms with van der Waals surface area (Å²) in [5.41, 5.74) is 1.95. The van der Waals surface area contributed by atoms with E-state index in [1.165, 1.54) is 0 Å². The molecule has 1 aromatic carbocycles. The third-order valence-electron chi connectivity index (χ3n) is 3.38. The van der Waals surface area contributed by atoms with E-state index in [-0.39, 0.29) is 12.5 Å². The summed E-state index contributed by atoms with van der Waals surface area (Å²) >= 11 is 0. The Hall–Kier alpha value is -2.07. The van der Waals surface area contributed by atoms with Gasteiger partial charge in [-0.25, -0.2) is 0 Å². The molecule has 1 unspecified atom stereocenters. The van der Waals surface area contributed by atoms with Gasteiger partial charge in [0.1, 0.15) is 6.54 Å². The van der Waals surface area contributed by atoms with Gasteiger partial charge in [0.05, 0.1) is 6.10 Å². The van der Waals surface area contributed by atoms with E-state index in [0.717, 1.165) is 24.0 Å². The number of hydrogen-bond acceptors (Lipinski definition) is 2. The standard InChI is InChI=1S/C17H22N2O2/c1-2-6-16(20)15-9-10-19(12-15)13-17(21)18-11-14-7-4-3-5-8-14/h3-5,7-10,12,16,20H,2,6,11,13H2,1H3,(H,18,21). The molecule has 0 fully saturated rings. The number of nitrogens with zero attached hydrogens (tertiary/aromatic N) is 1. The van der Waals surface area contributed by atoms with Crippen molar-refractivity contribution < 1.29 is 9.90 Å². The minimum absolute atomic E-state index is 0.0361. The quantitative estimate of drug-likeness (QED) is 0.822. The number of hydrogen-bond donors (Lipinski definition) is 2. The normalized spacial score (nSPS) is 12.1. The van der Waals surface area contributed by atoms with Crippen molar-refractivity contribution in [1.82, 2.24) is 9.88 Å². The average Bonchev–Trinajstić information content (AvgIpc) is 2.95. The molecule has 4 heteroatoms. The summed E-state index contributed by atoms with van der Waals surface area (Å²) in [6.07, 6.45) is 4.90. The Bertz CT molecular complexity index is 563. The number of carbonyl (C=O) groups is 1. The van der Waals surface area contributed by atoms with Crippen LogP contribution in [0.4, 0.5) is 0 Å². The Morgan fingerprint density at radius 3 is 2.76 bits per heavy atom. The number of aromatic nitrogens is 1. The number of carbonyl (C=O) groups excluding carboxylic acids is 1. The second-order valence-electron chi connectivity index (χ2n) is 5.18. The van der Waals surface area contributed by atoms with Crippen molar-refractivity contribution in [3.63, 3.8) is 0 Å². The molecule has 0 aliphatic carbocycles. The van der Waals surface area contributed by atoms with E-state index in [4.69, 9.17) is 0 Å². The van der Waals surface area contributed by atoms with Crippen LogP contribution in [0.2, 0.25) is 0 Å². The van der Waals surface area contributed by atoms with E-state index in [9.17, 15) is 9.90 Å². The lowest BCUT2D eigenvalue weighted by atomic mass is 10.1. The third kappa shape index (κ3) is 4.76. The van der Waals surface area contributed by atoms with Gasteiger partial charge < -0.3 is 15.0 Å². The fraction of sp³-hybridized carbons (Fsp3) is 0.353. The fourth-order valence-corrected chi connectivity index (χ4v) is 2.21. The molecule has 2 N–H and O–H groups in total. The van der Waals surface area contributed by atoms with Crippen LogP contribution in [0.1, 0.15) is 37.0 Å². The van der Waals surface area contributed by atoms with Gasteiger partial charge in [-0.3, -0.25) is 4.79 Å². The van der Waals surface area contributed by atoms with Gasteiger partial charge in [-0.2, -0.15) is 0 Å². The zero-order valence-corrected chi connectivity index (χ0v) is 12.3. The van der Waals surface area contributed by atoms with Crippen LogP contribution in [0, 0.1) is 0 Å². The molecule has 0 aliphatic rings. The van der Waals surface area contributed by atoms with Crippen molar-refractivity contribution >= 4 is 5.91 Å². The largest absolute Gasteiger partial charge is 0.388 e. The van der Waals surface area contributed by atoms with Crippen LogP contribution in [0.25, 0.3) is 0 Å². The highest BCUT2D eigenvalue weighted by Crippen LogP contribution is 2.18. The summed E-state index contributed by atoms with van der Waals surface area (Å²) < 4.78 is 1.80. The molecule has 0 saturated carbocycles. The van der Waals surface area contributed by atoms with E-state index >= 15 is 0 Å². The highest BCUT2D eigenvalue weighted by molar-refractivity contribution is 5.75. The zero-order valence-electron chi connectivity index (χ0n) is 12.3. The van der Waals surface area contributed by atoms with E-state index in [1.807, 2.05) is 55.7 Å². The molecule has 2 rings (SSSR count). The van der Waals surface area contributed by atoms with Crippen LogP contribution in [-0.4, -0.2) is 15.6 Å². The Morgan fingerprint density at radius 2 is 2.05 bits per heavy atom. The third-order valence-corrected chi connectivity index (χ3v) is 3.38. The Kier molecular flexibility index (Phi) is 5.58. The summed E-state index contributed by atoms with van der Waals surface area (Å²) in [5.74, 6) is -0.0361. The molecule has 1 amide bonds. The monoisotopic (exact) mass is 286 g/mol. The molecule has 112 valence electrons. The lowest BCUT2D eigenvalue weighted by Crippen LogP contribution is -2.26. The van der Waals surface area contributed by atoms with Gasteiger partial charge in [-0.05, 0) is 23.6 Å². The maximum Gasteiger partial charge on any atom is 0.240 e. The smallest absolute Gasteiger partial charge is 0.240 e. The summed E-state index contributed by atoms with van der Waals surface area (Å²) in [4.78, 5) is 11.9. The Balaban J connectivity index is 1.83. The van der Waals surface area contributed by atoms with Crippen LogP contribution in [0.15, 0.2) is 48.8 Å². The topological polar surface area (TPSA) is 54.3 Å². The van der Waals surface area contributed by atoms with Crippen LogP contribution in [0.3, 0.4) is 0 Å². The van der Waals surface area contributed by atoms with Crippen LogP contribution in [0.5, 0.6) is 0 Å². The predicted octanol–water partition coefficient (Wildman–Crippen LogP) is 2.64. The summed E-state index contributed by atoms with van der Waals surface area (Å²) in [6, 6.07) is 11.7. The number of benzene rings is 1. The van der Waals surface area contributed by atoms with Gasteiger partial charge in [0.25, 0.3) is 0 Å². The molecule has 0 spiro atoms. The maximum absolute atomic E-state index is 11.9. The Morgan fingerprint density at radius 1 is 1.29 bits per heavy atom. The molecule has 0 bridgehead atoms. The average molecular weight is 286 g/mol. The van der Waals surface area contributed by atoms with Crippen molar-refractivity contribution in [2.24, 2.45) is 0 Å². The molecule has 0 saturated heterocycles. The highest BCUT2D eigenvalue weighted by Gasteiger charge is 2.09. The molecule has 2 aromatic rings. The second kappa shape index (κ2) is 7.64. The first-order valence-corrected chi connectivity index (χ1v) is 7.33. The van der Waals surface area contributed by atoms with E-state index in [1.54, 1.807) is 4.57 Å². The van der Waals surface area contributed by atoms with Gasteiger partial charge in [0.15, 0.2) is 0 Å². The number of aliphatic hydroxyl groups excluding tert-OH is 1. The van der Waals surface area contributed by atoms with E-state index < -0.39 is 6.10 Å². The summed E-state index contributed by atoms with van der Waals surface area (Å²) in [5, 5.41) is 12.8.